The van der Waals surface area contributed by atoms with Gasteiger partial charge in [-0.1, -0.05) is 99.8 Å². The van der Waals surface area contributed by atoms with Crippen LogP contribution in [-0.4, -0.2) is 124 Å². The highest BCUT2D eigenvalue weighted by molar-refractivity contribution is 6.17. The lowest BCUT2D eigenvalue weighted by atomic mass is 9.93. The zero-order chi connectivity index (χ0) is 42.1. The van der Waals surface area contributed by atoms with Gasteiger partial charge in [0.15, 0.2) is 0 Å². The van der Waals surface area contributed by atoms with Crippen LogP contribution in [0.15, 0.2) is 0 Å². The molecule has 0 aromatic carbocycles. The molecule has 0 radical (unpaired) electrons. The lowest BCUT2D eigenvalue weighted by Crippen LogP contribution is -2.67. The predicted octanol–water partition coefficient (Wildman–Crippen LogP) is 1.03. The number of carbonyl (C=O) groups excluding carboxylic acids is 5. The highest BCUT2D eigenvalue weighted by atomic mass is 28.1. The Balaban J connectivity index is 6.14. The molecule has 0 aliphatic rings. The van der Waals surface area contributed by atoms with Crippen LogP contribution >= 0.6 is 0 Å². The van der Waals surface area contributed by atoms with Gasteiger partial charge in [-0.15, -0.1) is 0 Å². The number of aliphatic hydroxyl groups is 2. The summed E-state index contributed by atoms with van der Waals surface area (Å²) in [6.07, 6.45) is 8.53. The van der Waals surface area contributed by atoms with Gasteiger partial charge in [-0.25, -0.2) is 0 Å². The van der Waals surface area contributed by atoms with Crippen molar-refractivity contribution in [1.29, 1.82) is 0 Å². The average Bonchev–Trinajstić information content (AvgIpc) is 3.14. The molecule has 0 rings (SSSR count). The molecule has 16 heteroatoms. The van der Waals surface area contributed by atoms with Gasteiger partial charge in [-0.2, -0.15) is 0 Å². The molecule has 0 aliphatic heterocycles. The number of unbranched alkanes of at least 4 members (excludes halogenated alkanes) is 7. The lowest BCUT2D eigenvalue weighted by molar-refractivity contribution is -0.158. The summed E-state index contributed by atoms with van der Waals surface area (Å²) in [6, 6.07) is -2.27. The third-order valence-corrected chi connectivity index (χ3v) is 12.1. The second kappa shape index (κ2) is 28.7. The molecule has 0 spiro atoms. The van der Waals surface area contributed by atoms with E-state index in [4.69, 9.17) is 20.9 Å². The zero-order valence-corrected chi connectivity index (χ0v) is 37.5. The monoisotopic (exact) mass is 803 g/mol. The van der Waals surface area contributed by atoms with Crippen LogP contribution in [0.2, 0.25) is 0 Å². The number of esters is 1. The van der Waals surface area contributed by atoms with Crippen LogP contribution in [0.25, 0.3) is 0 Å². The molecule has 322 valence electrons. The van der Waals surface area contributed by atoms with E-state index < -0.39 is 65.8 Å². The molecule has 15 nitrogen and oxygen atoms in total. The number of likely N-dealkylation sites (N-methyl/N-ethyl adjacent to an activating group) is 1. The largest absolute Gasteiger partial charge is 0.460 e. The van der Waals surface area contributed by atoms with Crippen molar-refractivity contribution < 1.29 is 43.7 Å². The third kappa shape index (κ3) is 19.9. The summed E-state index contributed by atoms with van der Waals surface area (Å²) < 4.78 is 11.4. The van der Waals surface area contributed by atoms with Gasteiger partial charge in [0.1, 0.15) is 24.9 Å². The molecule has 4 amide bonds. The normalized spacial score (nSPS) is 16.6. The molecule has 0 aromatic heterocycles. The molecule has 0 aromatic rings. The molecule has 0 saturated carbocycles. The van der Waals surface area contributed by atoms with Gasteiger partial charge in [0.25, 0.3) is 0 Å². The van der Waals surface area contributed by atoms with E-state index >= 15 is 0 Å². The van der Waals surface area contributed by atoms with Crippen molar-refractivity contribution in [2.45, 2.75) is 155 Å². The predicted molar refractivity (Wildman–Crippen MR) is 218 cm³/mol. The Morgan fingerprint density at radius 3 is 2.04 bits per heavy atom. The van der Waals surface area contributed by atoms with E-state index in [1.54, 1.807) is 20.9 Å². The molecule has 0 fully saturated rings. The molecule has 9 N–H and O–H groups in total. The van der Waals surface area contributed by atoms with Crippen LogP contribution in [0, 0.1) is 23.7 Å². The summed E-state index contributed by atoms with van der Waals surface area (Å²) in [7, 11) is 1.92. The maximum atomic E-state index is 14.4. The summed E-state index contributed by atoms with van der Waals surface area (Å²) >= 11 is 0. The summed E-state index contributed by atoms with van der Waals surface area (Å²) in [5.41, 5.74) is 10.8. The quantitative estimate of drug-likeness (QED) is 0.0220. The Bertz CT molecular complexity index is 1140. The molecule has 0 heterocycles. The molecule has 1 unspecified atom stereocenters. The minimum atomic E-state index is -1.35. The van der Waals surface area contributed by atoms with Gasteiger partial charge in [-0.05, 0) is 44.1 Å². The van der Waals surface area contributed by atoms with Crippen molar-refractivity contribution in [1.82, 2.24) is 20.9 Å². The Kier molecular flexibility index (Phi) is 27.3. The van der Waals surface area contributed by atoms with E-state index in [0.29, 0.717) is 49.1 Å². The maximum Gasteiger partial charge on any atom is 0.325 e. The summed E-state index contributed by atoms with van der Waals surface area (Å²) in [4.78, 5) is 66.8. The van der Waals surface area contributed by atoms with Crippen molar-refractivity contribution in [3.63, 3.8) is 0 Å². The first-order valence-electron chi connectivity index (χ1n) is 20.6. The highest BCUT2D eigenvalue weighted by Gasteiger charge is 2.44. The summed E-state index contributed by atoms with van der Waals surface area (Å²) in [6.45, 7) is 13.4. The number of primary amides is 1. The van der Waals surface area contributed by atoms with Crippen LogP contribution in [-0.2, 0) is 33.4 Å². The maximum absolute atomic E-state index is 14.4. The number of hydrogen-bond acceptors (Lipinski definition) is 11. The fraction of sp³-hybridized carbons (Fsp3) is 0.872. The summed E-state index contributed by atoms with van der Waals surface area (Å²) in [5.74, 6) is -4.36. The van der Waals surface area contributed by atoms with E-state index in [0.717, 1.165) is 25.7 Å². The fourth-order valence-corrected chi connectivity index (χ4v) is 7.69. The van der Waals surface area contributed by atoms with E-state index in [2.05, 4.69) is 22.9 Å². The van der Waals surface area contributed by atoms with Gasteiger partial charge >= 0.3 is 5.97 Å². The Hall–Kier alpha value is -2.63. The van der Waals surface area contributed by atoms with Crippen LogP contribution < -0.4 is 27.4 Å². The first-order valence-corrected chi connectivity index (χ1v) is 21.6. The smallest absolute Gasteiger partial charge is 0.325 e. The zero-order valence-electron chi connectivity index (χ0n) is 35.5. The van der Waals surface area contributed by atoms with Gasteiger partial charge < -0.3 is 46.7 Å². The number of carbonyl (C=O) groups is 5. The van der Waals surface area contributed by atoms with Crippen molar-refractivity contribution in [2.75, 3.05) is 40.0 Å². The first-order chi connectivity index (χ1) is 25.9. The van der Waals surface area contributed by atoms with Gasteiger partial charge in [0.05, 0.1) is 36.3 Å². The van der Waals surface area contributed by atoms with Crippen LogP contribution in [0.3, 0.4) is 0 Å². The summed E-state index contributed by atoms with van der Waals surface area (Å²) in [5, 5.41) is 28.5. The lowest BCUT2D eigenvalue weighted by Gasteiger charge is -2.46. The van der Waals surface area contributed by atoms with Crippen molar-refractivity contribution in [2.24, 2.45) is 35.1 Å². The fourth-order valence-electron chi connectivity index (χ4n) is 6.48. The standard InChI is InChI=1S/C39H78N6O9Si/c1-9-11-12-13-14-15-16-17-19-31(54-32(47)23-42-35(49)28(6)25-53-21-18-20-40)29(7)37(51)45(8)39(55,22-26(3)4)38(52)44-33(27(5)10-2)36(50)43-30(24-46)34(41)48/h26-31,33,38,44,46,52H,9-25,40H2,1-8,55H3,(H2,41,48)(H,42,49)(H,43,50)/t27-,28-,29+,30-,31+,33-,38?,39-/m0/s1. The van der Waals surface area contributed by atoms with E-state index in [9.17, 15) is 34.2 Å². The van der Waals surface area contributed by atoms with Gasteiger partial charge in [0, 0.05) is 23.9 Å². The number of nitrogens with zero attached hydrogens (tertiary/aromatic N) is 1. The highest BCUT2D eigenvalue weighted by Crippen LogP contribution is 2.28. The van der Waals surface area contributed by atoms with Crippen molar-refractivity contribution in [3.05, 3.63) is 0 Å². The Labute approximate surface area is 333 Å². The number of ether oxygens (including phenoxy) is 2. The molecular weight excluding hydrogens is 725 g/mol. The van der Waals surface area contributed by atoms with Crippen LogP contribution in [0.4, 0.5) is 0 Å². The number of rotatable bonds is 32. The minimum Gasteiger partial charge on any atom is -0.460 e. The first kappa shape index (κ1) is 52.4. The molecule has 55 heavy (non-hydrogen) atoms. The SMILES string of the molecule is CCCCCCCCCC[C@@H](OC(=O)CNC(=O)[C@@H](C)COCCCN)[C@@H](C)C(=O)N(C)[C@]([SiH3])(CC(C)C)C(O)N[C@H](C(=O)N[C@@H](CO)C(N)=O)[C@@H](C)CC. The number of amides is 4. The van der Waals surface area contributed by atoms with E-state index in [-0.39, 0.29) is 36.8 Å². The third-order valence-electron chi connectivity index (χ3n) is 10.5. The second-order valence-corrected chi connectivity index (χ2v) is 17.6. The number of hydrogen-bond donors (Lipinski definition) is 7. The number of nitrogens with one attached hydrogen (secondary N) is 3. The van der Waals surface area contributed by atoms with Crippen molar-refractivity contribution in [3.8, 4) is 0 Å². The topological polar surface area (TPSA) is 236 Å². The van der Waals surface area contributed by atoms with Crippen molar-refractivity contribution >= 4 is 39.8 Å². The Morgan fingerprint density at radius 2 is 1.51 bits per heavy atom. The number of aliphatic hydroxyl groups excluding tert-OH is 2. The Morgan fingerprint density at radius 1 is 0.909 bits per heavy atom. The second-order valence-electron chi connectivity index (χ2n) is 15.8. The molecule has 0 saturated heterocycles. The molecule has 0 bridgehead atoms. The van der Waals surface area contributed by atoms with Crippen LogP contribution in [0.1, 0.15) is 126 Å². The number of nitrogens with two attached hydrogens (primary N) is 2. The molecule has 8 atom stereocenters. The minimum absolute atomic E-state index is 0.0482. The van der Waals surface area contributed by atoms with E-state index in [1.165, 1.54) is 30.6 Å². The molecule has 0 aliphatic carbocycles. The van der Waals surface area contributed by atoms with Gasteiger partial charge in [-0.3, -0.25) is 29.3 Å². The van der Waals surface area contributed by atoms with Crippen LogP contribution in [0.5, 0.6) is 0 Å². The average molecular weight is 803 g/mol. The van der Waals surface area contributed by atoms with Gasteiger partial charge in [0.2, 0.25) is 23.6 Å². The molecular formula is C39H78N6O9Si. The van der Waals surface area contributed by atoms with E-state index in [1.807, 2.05) is 27.7 Å².